The van der Waals surface area contributed by atoms with Gasteiger partial charge in [0.05, 0.1) is 5.52 Å². The molecule has 0 aliphatic heterocycles. The molecule has 152 valence electrons. The molecular weight excluding hydrogens is 379 g/mol. The molecule has 3 rings (SSSR count). The number of benzene rings is 2. The van der Waals surface area contributed by atoms with Gasteiger partial charge in [-0.1, -0.05) is 24.3 Å². The van der Waals surface area contributed by atoms with Crippen LogP contribution in [-0.2, 0) is 20.9 Å². The van der Waals surface area contributed by atoms with E-state index in [2.05, 4.69) is 0 Å². The number of hydrogen-bond donors (Lipinski definition) is 0. The van der Waals surface area contributed by atoms with Gasteiger partial charge in [0.25, 0.3) is 5.91 Å². The Labute approximate surface area is 166 Å². The Morgan fingerprint density at radius 3 is 2.69 bits per heavy atom. The van der Waals surface area contributed by atoms with Crippen LogP contribution in [0.4, 0.5) is 4.39 Å². The van der Waals surface area contributed by atoms with Gasteiger partial charge >= 0.3 is 11.7 Å². The predicted molar refractivity (Wildman–Crippen MR) is 104 cm³/mol. The van der Waals surface area contributed by atoms with Crippen molar-refractivity contribution < 1.29 is 23.1 Å². The third kappa shape index (κ3) is 4.53. The molecule has 8 heteroatoms. The molecule has 0 saturated heterocycles. The predicted octanol–water partition coefficient (Wildman–Crippen LogP) is 2.89. The maximum absolute atomic E-state index is 13.3. The number of aromatic nitrogens is 1. The molecule has 0 fully saturated rings. The number of esters is 1. The summed E-state index contributed by atoms with van der Waals surface area (Å²) in [7, 11) is 0. The summed E-state index contributed by atoms with van der Waals surface area (Å²) in [6.07, 6.45) is 0. The van der Waals surface area contributed by atoms with E-state index in [1.165, 1.54) is 28.5 Å². The second-order valence-electron chi connectivity index (χ2n) is 6.53. The summed E-state index contributed by atoms with van der Waals surface area (Å²) in [5.74, 6) is -2.21. The zero-order valence-electron chi connectivity index (χ0n) is 16.1. The molecular formula is C21H21FN2O5. The number of nitrogens with zero attached hydrogens (tertiary/aromatic N) is 2. The summed E-state index contributed by atoms with van der Waals surface area (Å²) < 4.78 is 24.8. The van der Waals surface area contributed by atoms with Crippen LogP contribution in [0.3, 0.4) is 0 Å². The van der Waals surface area contributed by atoms with E-state index in [1.807, 2.05) is 0 Å². The molecule has 2 aromatic carbocycles. The van der Waals surface area contributed by atoms with Crippen molar-refractivity contribution in [3.63, 3.8) is 0 Å². The van der Waals surface area contributed by atoms with Crippen molar-refractivity contribution in [2.24, 2.45) is 0 Å². The molecule has 1 unspecified atom stereocenters. The maximum atomic E-state index is 13.3. The van der Waals surface area contributed by atoms with Crippen molar-refractivity contribution in [3.8, 4) is 0 Å². The zero-order valence-corrected chi connectivity index (χ0v) is 16.1. The summed E-state index contributed by atoms with van der Waals surface area (Å²) in [6.45, 7) is 3.37. The Kier molecular flexibility index (Phi) is 6.11. The quantitative estimate of drug-likeness (QED) is 0.570. The largest absolute Gasteiger partial charge is 0.454 e. The van der Waals surface area contributed by atoms with Crippen LogP contribution in [0.1, 0.15) is 25.5 Å². The lowest BCUT2D eigenvalue weighted by Crippen LogP contribution is -2.35. The van der Waals surface area contributed by atoms with Gasteiger partial charge in [0.2, 0.25) is 0 Å². The third-order valence-electron chi connectivity index (χ3n) is 4.58. The number of halogens is 1. The fraction of sp³-hybridized carbons (Fsp3) is 0.286. The maximum Gasteiger partial charge on any atom is 0.420 e. The smallest absolute Gasteiger partial charge is 0.420 e. The molecule has 0 aliphatic rings. The van der Waals surface area contributed by atoms with Crippen LogP contribution in [0.5, 0.6) is 0 Å². The molecule has 0 N–H and O–H groups in total. The number of rotatable bonds is 7. The Balaban J connectivity index is 1.64. The van der Waals surface area contributed by atoms with E-state index in [4.69, 9.17) is 9.15 Å². The van der Waals surface area contributed by atoms with Gasteiger partial charge in [-0.05, 0) is 43.7 Å². The van der Waals surface area contributed by atoms with Gasteiger partial charge in [-0.3, -0.25) is 9.36 Å². The Morgan fingerprint density at radius 1 is 1.21 bits per heavy atom. The molecule has 1 heterocycles. The first-order valence-corrected chi connectivity index (χ1v) is 9.19. The number of carbonyl (C=O) groups is 2. The standard InChI is InChI=1S/C21H21FN2O5/c1-3-23(12-15-7-6-8-16(22)11-15)19(25)13-28-20(26)14(2)24-17-9-4-5-10-18(17)29-21(24)27/h4-11,14H,3,12-13H2,1-2H3. The molecule has 1 amide bonds. The minimum Gasteiger partial charge on any atom is -0.454 e. The van der Waals surface area contributed by atoms with Crippen molar-refractivity contribution >= 4 is 23.0 Å². The summed E-state index contributed by atoms with van der Waals surface area (Å²) in [6, 6.07) is 11.7. The summed E-state index contributed by atoms with van der Waals surface area (Å²) in [5.41, 5.74) is 1.46. The van der Waals surface area contributed by atoms with E-state index in [9.17, 15) is 18.8 Å². The molecule has 7 nitrogen and oxygen atoms in total. The van der Waals surface area contributed by atoms with Crippen molar-refractivity contribution in [1.29, 1.82) is 0 Å². The highest BCUT2D eigenvalue weighted by molar-refractivity contribution is 5.83. The Bertz CT molecular complexity index is 1090. The van der Waals surface area contributed by atoms with E-state index in [-0.39, 0.29) is 12.4 Å². The number of carbonyl (C=O) groups excluding carboxylic acids is 2. The van der Waals surface area contributed by atoms with Gasteiger partial charge in [-0.2, -0.15) is 0 Å². The Hall–Kier alpha value is -3.42. The second kappa shape index (κ2) is 8.72. The number of ether oxygens (including phenoxy) is 1. The molecule has 3 aromatic rings. The van der Waals surface area contributed by atoms with Gasteiger partial charge in [-0.25, -0.2) is 14.0 Å². The summed E-state index contributed by atoms with van der Waals surface area (Å²) in [5, 5.41) is 0. The first-order valence-electron chi connectivity index (χ1n) is 9.19. The van der Waals surface area contributed by atoms with Crippen molar-refractivity contribution in [2.75, 3.05) is 13.2 Å². The molecule has 1 atom stereocenters. The summed E-state index contributed by atoms with van der Waals surface area (Å²) >= 11 is 0. The van der Waals surface area contributed by atoms with Crippen LogP contribution in [0, 0.1) is 5.82 Å². The van der Waals surface area contributed by atoms with Crippen LogP contribution in [0.25, 0.3) is 11.1 Å². The number of oxazole rings is 1. The normalized spacial score (nSPS) is 12.0. The van der Waals surface area contributed by atoms with Gasteiger partial charge in [0.1, 0.15) is 11.9 Å². The number of para-hydroxylation sites is 2. The molecule has 0 aliphatic carbocycles. The summed E-state index contributed by atoms with van der Waals surface area (Å²) in [4.78, 5) is 38.4. The van der Waals surface area contributed by atoms with Crippen molar-refractivity contribution in [3.05, 3.63) is 70.5 Å². The van der Waals surface area contributed by atoms with E-state index in [0.29, 0.717) is 23.2 Å². The lowest BCUT2D eigenvalue weighted by atomic mass is 10.2. The van der Waals surface area contributed by atoms with Crippen LogP contribution in [0.2, 0.25) is 0 Å². The Morgan fingerprint density at radius 2 is 1.97 bits per heavy atom. The van der Waals surface area contributed by atoms with E-state index < -0.39 is 30.3 Å². The number of amides is 1. The lowest BCUT2D eigenvalue weighted by Gasteiger charge is -2.21. The van der Waals surface area contributed by atoms with Crippen LogP contribution >= 0.6 is 0 Å². The SMILES string of the molecule is CCN(Cc1cccc(F)c1)C(=O)COC(=O)C(C)n1c(=O)oc2ccccc21. The molecule has 29 heavy (non-hydrogen) atoms. The second-order valence-corrected chi connectivity index (χ2v) is 6.53. The highest BCUT2D eigenvalue weighted by atomic mass is 19.1. The van der Waals surface area contributed by atoms with Gasteiger partial charge in [0, 0.05) is 13.1 Å². The van der Waals surface area contributed by atoms with Gasteiger partial charge in [-0.15, -0.1) is 0 Å². The van der Waals surface area contributed by atoms with Crippen LogP contribution in [0.15, 0.2) is 57.7 Å². The molecule has 0 saturated carbocycles. The first kappa shape index (κ1) is 20.3. The van der Waals surface area contributed by atoms with Crippen molar-refractivity contribution in [2.45, 2.75) is 26.4 Å². The fourth-order valence-electron chi connectivity index (χ4n) is 3.03. The highest BCUT2D eigenvalue weighted by Crippen LogP contribution is 2.17. The average molecular weight is 400 g/mol. The highest BCUT2D eigenvalue weighted by Gasteiger charge is 2.24. The minimum absolute atomic E-state index is 0.200. The topological polar surface area (TPSA) is 81.8 Å². The molecule has 0 radical (unpaired) electrons. The number of fused-ring (bicyclic) bond motifs is 1. The fourth-order valence-corrected chi connectivity index (χ4v) is 3.03. The third-order valence-corrected chi connectivity index (χ3v) is 4.58. The number of hydrogen-bond acceptors (Lipinski definition) is 5. The van der Waals surface area contributed by atoms with E-state index in [0.717, 1.165) is 0 Å². The molecule has 0 spiro atoms. The average Bonchev–Trinajstić information content (AvgIpc) is 3.05. The monoisotopic (exact) mass is 400 g/mol. The minimum atomic E-state index is -0.961. The van der Waals surface area contributed by atoms with Crippen molar-refractivity contribution in [1.82, 2.24) is 9.47 Å². The lowest BCUT2D eigenvalue weighted by molar-refractivity contribution is -0.154. The van der Waals surface area contributed by atoms with Gasteiger partial charge in [0.15, 0.2) is 12.2 Å². The molecule has 0 bridgehead atoms. The zero-order chi connectivity index (χ0) is 21.0. The van der Waals surface area contributed by atoms with Crippen LogP contribution < -0.4 is 5.76 Å². The first-order chi connectivity index (χ1) is 13.9. The molecule has 1 aromatic heterocycles. The number of likely N-dealkylation sites (N-methyl/N-ethyl adjacent to an activating group) is 1. The van der Waals surface area contributed by atoms with Crippen LogP contribution in [-0.4, -0.2) is 34.5 Å². The van der Waals surface area contributed by atoms with E-state index >= 15 is 0 Å². The van der Waals surface area contributed by atoms with Gasteiger partial charge < -0.3 is 14.1 Å². The van der Waals surface area contributed by atoms with E-state index in [1.54, 1.807) is 43.3 Å².